The molecule has 0 amide bonds. The minimum atomic E-state index is 0.483. The SMILES string of the molecule is CN=C(NCC(CC(C)C)N(C)C)NC1CCN(Cc2ccccc2)C(C)C1. The second-order valence-electron chi connectivity index (χ2n) is 8.87. The van der Waals surface area contributed by atoms with Crippen molar-refractivity contribution in [2.75, 3.05) is 34.2 Å². The third-order valence-electron chi connectivity index (χ3n) is 5.79. The first-order chi connectivity index (χ1) is 13.4. The molecule has 0 bridgehead atoms. The average Bonchev–Trinajstić information content (AvgIpc) is 2.66. The minimum Gasteiger partial charge on any atom is -0.355 e. The fraction of sp³-hybridized carbons (Fsp3) is 0.696. The van der Waals surface area contributed by atoms with E-state index in [4.69, 9.17) is 0 Å². The first kappa shape index (κ1) is 22.7. The van der Waals surface area contributed by atoms with E-state index in [0.717, 1.165) is 38.4 Å². The molecule has 5 nitrogen and oxygen atoms in total. The van der Waals surface area contributed by atoms with Crippen LogP contribution in [0.15, 0.2) is 35.3 Å². The number of nitrogens with zero attached hydrogens (tertiary/aromatic N) is 3. The molecule has 158 valence electrons. The van der Waals surface area contributed by atoms with Crippen molar-refractivity contribution in [3.8, 4) is 0 Å². The van der Waals surface area contributed by atoms with Crippen LogP contribution in [0.1, 0.15) is 45.6 Å². The molecule has 1 heterocycles. The van der Waals surface area contributed by atoms with Crippen LogP contribution in [-0.2, 0) is 6.54 Å². The van der Waals surface area contributed by atoms with Crippen molar-refractivity contribution in [2.45, 2.75) is 64.7 Å². The lowest BCUT2D eigenvalue weighted by molar-refractivity contribution is 0.134. The van der Waals surface area contributed by atoms with Gasteiger partial charge in [0.25, 0.3) is 0 Å². The third-order valence-corrected chi connectivity index (χ3v) is 5.79. The van der Waals surface area contributed by atoms with E-state index in [0.29, 0.717) is 24.0 Å². The highest BCUT2D eigenvalue weighted by Gasteiger charge is 2.26. The molecular weight excluding hydrogens is 346 g/mol. The maximum atomic E-state index is 4.47. The Kier molecular flexibility index (Phi) is 9.26. The number of likely N-dealkylation sites (tertiary alicyclic amines) is 1. The molecule has 5 heteroatoms. The van der Waals surface area contributed by atoms with Crippen LogP contribution in [0.25, 0.3) is 0 Å². The maximum absolute atomic E-state index is 4.47. The molecule has 2 N–H and O–H groups in total. The van der Waals surface area contributed by atoms with Crippen LogP contribution in [0.4, 0.5) is 0 Å². The van der Waals surface area contributed by atoms with E-state index in [1.807, 2.05) is 7.05 Å². The Hall–Kier alpha value is -1.59. The third kappa shape index (κ3) is 7.44. The molecule has 28 heavy (non-hydrogen) atoms. The quantitative estimate of drug-likeness (QED) is 0.531. The van der Waals surface area contributed by atoms with Gasteiger partial charge in [-0.1, -0.05) is 44.2 Å². The second-order valence-corrected chi connectivity index (χ2v) is 8.87. The zero-order chi connectivity index (χ0) is 20.5. The summed E-state index contributed by atoms with van der Waals surface area (Å²) in [5.41, 5.74) is 1.40. The molecule has 0 aromatic heterocycles. The highest BCUT2D eigenvalue weighted by atomic mass is 15.2. The lowest BCUT2D eigenvalue weighted by Crippen LogP contribution is -2.52. The van der Waals surface area contributed by atoms with Gasteiger partial charge in [0.1, 0.15) is 0 Å². The molecule has 1 aliphatic rings. The van der Waals surface area contributed by atoms with Crippen molar-refractivity contribution in [1.29, 1.82) is 0 Å². The monoisotopic (exact) mass is 387 g/mol. The molecule has 0 aliphatic carbocycles. The first-order valence-electron chi connectivity index (χ1n) is 10.8. The van der Waals surface area contributed by atoms with E-state index >= 15 is 0 Å². The van der Waals surface area contributed by atoms with Crippen molar-refractivity contribution in [1.82, 2.24) is 20.4 Å². The number of rotatable bonds is 8. The Morgan fingerprint density at radius 2 is 1.96 bits per heavy atom. The Balaban J connectivity index is 1.80. The molecule has 3 unspecified atom stereocenters. The van der Waals surface area contributed by atoms with Gasteiger partial charge >= 0.3 is 0 Å². The largest absolute Gasteiger partial charge is 0.355 e. The van der Waals surface area contributed by atoms with Crippen LogP contribution in [0.5, 0.6) is 0 Å². The standard InChI is InChI=1S/C23H41N5/c1-18(2)14-22(27(5)6)16-25-23(24-4)26-21-12-13-28(19(3)15-21)17-20-10-8-7-9-11-20/h7-11,18-19,21-22H,12-17H2,1-6H3,(H2,24,25,26). The minimum absolute atomic E-state index is 0.483. The van der Waals surface area contributed by atoms with Gasteiger partial charge in [0.05, 0.1) is 0 Å². The normalized spacial score (nSPS) is 22.5. The average molecular weight is 388 g/mol. The van der Waals surface area contributed by atoms with E-state index in [9.17, 15) is 0 Å². The van der Waals surface area contributed by atoms with Crippen LogP contribution in [0, 0.1) is 5.92 Å². The van der Waals surface area contributed by atoms with Crippen LogP contribution in [0.2, 0.25) is 0 Å². The van der Waals surface area contributed by atoms with E-state index in [-0.39, 0.29) is 0 Å². The number of hydrogen-bond acceptors (Lipinski definition) is 3. The molecule has 3 atom stereocenters. The lowest BCUT2D eigenvalue weighted by atomic mass is 9.97. The molecule has 2 rings (SSSR count). The van der Waals surface area contributed by atoms with E-state index in [1.165, 1.54) is 12.0 Å². The fourth-order valence-electron chi connectivity index (χ4n) is 4.03. The van der Waals surface area contributed by atoms with Gasteiger partial charge in [-0.05, 0) is 51.8 Å². The summed E-state index contributed by atoms with van der Waals surface area (Å²) in [6.45, 7) is 10.0. The number of benzene rings is 1. The van der Waals surface area contributed by atoms with Gasteiger partial charge in [-0.3, -0.25) is 9.89 Å². The molecule has 0 radical (unpaired) electrons. The summed E-state index contributed by atoms with van der Waals surface area (Å²) in [5, 5.41) is 7.21. The molecule has 1 fully saturated rings. The first-order valence-corrected chi connectivity index (χ1v) is 10.8. The Labute approximate surface area is 172 Å². The molecule has 1 saturated heterocycles. The summed E-state index contributed by atoms with van der Waals surface area (Å²) >= 11 is 0. The van der Waals surface area contributed by atoms with Crippen LogP contribution in [-0.4, -0.2) is 68.1 Å². The number of guanidine groups is 1. The highest BCUT2D eigenvalue weighted by molar-refractivity contribution is 5.80. The number of nitrogens with one attached hydrogen (secondary N) is 2. The van der Waals surface area contributed by atoms with Gasteiger partial charge in [0.15, 0.2) is 5.96 Å². The summed E-state index contributed by atoms with van der Waals surface area (Å²) in [6.07, 6.45) is 3.49. The molecule has 0 spiro atoms. The Bertz CT molecular complexity index is 584. The van der Waals surface area contributed by atoms with Crippen LogP contribution >= 0.6 is 0 Å². The summed E-state index contributed by atoms with van der Waals surface area (Å²) in [4.78, 5) is 9.37. The van der Waals surface area contributed by atoms with Gasteiger partial charge in [-0.15, -0.1) is 0 Å². The van der Waals surface area contributed by atoms with Gasteiger partial charge in [-0.25, -0.2) is 0 Å². The van der Waals surface area contributed by atoms with Crippen molar-refractivity contribution in [3.05, 3.63) is 35.9 Å². The summed E-state index contributed by atoms with van der Waals surface area (Å²) in [6, 6.07) is 12.4. The predicted octanol–water partition coefficient (Wildman–Crippen LogP) is 3.18. The predicted molar refractivity (Wildman–Crippen MR) is 121 cm³/mol. The Morgan fingerprint density at radius 1 is 1.25 bits per heavy atom. The van der Waals surface area contributed by atoms with Crippen molar-refractivity contribution in [2.24, 2.45) is 10.9 Å². The lowest BCUT2D eigenvalue weighted by Gasteiger charge is -2.38. The molecular formula is C23H41N5. The highest BCUT2D eigenvalue weighted by Crippen LogP contribution is 2.20. The number of likely N-dealkylation sites (N-methyl/N-ethyl adjacent to an activating group) is 1. The van der Waals surface area contributed by atoms with Crippen molar-refractivity contribution >= 4 is 5.96 Å². The van der Waals surface area contributed by atoms with E-state index in [1.54, 1.807) is 0 Å². The summed E-state index contributed by atoms with van der Waals surface area (Å²) in [5.74, 6) is 1.63. The Morgan fingerprint density at radius 3 is 2.54 bits per heavy atom. The molecule has 0 saturated carbocycles. The molecule has 1 aromatic carbocycles. The van der Waals surface area contributed by atoms with E-state index in [2.05, 4.69) is 90.6 Å². The van der Waals surface area contributed by atoms with Crippen molar-refractivity contribution < 1.29 is 0 Å². The van der Waals surface area contributed by atoms with Gasteiger partial charge < -0.3 is 15.5 Å². The molecule has 1 aliphatic heterocycles. The zero-order valence-electron chi connectivity index (χ0n) is 18.8. The summed E-state index contributed by atoms with van der Waals surface area (Å²) in [7, 11) is 6.19. The maximum Gasteiger partial charge on any atom is 0.191 e. The van der Waals surface area contributed by atoms with E-state index < -0.39 is 0 Å². The molecule has 1 aromatic rings. The fourth-order valence-corrected chi connectivity index (χ4v) is 4.03. The van der Waals surface area contributed by atoms with Gasteiger partial charge in [0, 0.05) is 44.8 Å². The zero-order valence-corrected chi connectivity index (χ0v) is 18.8. The summed E-state index contributed by atoms with van der Waals surface area (Å²) < 4.78 is 0. The van der Waals surface area contributed by atoms with Crippen molar-refractivity contribution in [3.63, 3.8) is 0 Å². The number of hydrogen-bond donors (Lipinski definition) is 2. The van der Waals surface area contributed by atoms with Crippen LogP contribution < -0.4 is 10.6 Å². The van der Waals surface area contributed by atoms with Crippen LogP contribution in [0.3, 0.4) is 0 Å². The van der Waals surface area contributed by atoms with Gasteiger partial charge in [0.2, 0.25) is 0 Å². The second kappa shape index (κ2) is 11.4. The smallest absolute Gasteiger partial charge is 0.191 e. The number of aliphatic imine (C=N–C) groups is 1. The number of piperidine rings is 1. The topological polar surface area (TPSA) is 42.9 Å². The van der Waals surface area contributed by atoms with Gasteiger partial charge in [-0.2, -0.15) is 0 Å².